The Hall–Kier alpha value is -0.550. The SMILES string of the molecule is CCCCN(CCCC)C(C)(C)C#N. The van der Waals surface area contributed by atoms with Crippen LogP contribution in [0.5, 0.6) is 0 Å². The average molecular weight is 196 g/mol. The van der Waals surface area contributed by atoms with Gasteiger partial charge in [0.2, 0.25) is 0 Å². The number of rotatable bonds is 7. The number of nitriles is 1. The van der Waals surface area contributed by atoms with E-state index < -0.39 is 0 Å². The third-order valence-corrected chi connectivity index (χ3v) is 2.63. The first-order valence-corrected chi connectivity index (χ1v) is 5.74. The van der Waals surface area contributed by atoms with Crippen LogP contribution in [0.3, 0.4) is 0 Å². The Balaban J connectivity index is 4.17. The number of hydrogen-bond donors (Lipinski definition) is 0. The molecule has 0 bridgehead atoms. The molecule has 0 amide bonds. The molecule has 82 valence electrons. The number of hydrogen-bond acceptors (Lipinski definition) is 2. The van der Waals surface area contributed by atoms with Gasteiger partial charge < -0.3 is 0 Å². The smallest absolute Gasteiger partial charge is 0.103 e. The third kappa shape index (κ3) is 4.62. The second-order valence-electron chi connectivity index (χ2n) is 4.36. The largest absolute Gasteiger partial charge is 0.286 e. The minimum absolute atomic E-state index is 0.301. The molecule has 0 radical (unpaired) electrons. The minimum Gasteiger partial charge on any atom is -0.286 e. The lowest BCUT2D eigenvalue weighted by Gasteiger charge is -2.32. The average Bonchev–Trinajstić information content (AvgIpc) is 2.17. The molecule has 0 rings (SSSR count). The summed E-state index contributed by atoms with van der Waals surface area (Å²) in [6.45, 7) is 10.5. The van der Waals surface area contributed by atoms with E-state index in [0.717, 1.165) is 13.1 Å². The second kappa shape index (κ2) is 6.84. The Bertz CT molecular complexity index is 171. The van der Waals surface area contributed by atoms with Gasteiger partial charge in [0.1, 0.15) is 5.54 Å². The van der Waals surface area contributed by atoms with E-state index in [1.807, 2.05) is 13.8 Å². The molecule has 14 heavy (non-hydrogen) atoms. The Morgan fingerprint density at radius 2 is 1.50 bits per heavy atom. The monoisotopic (exact) mass is 196 g/mol. The molecule has 0 aliphatic rings. The molecule has 0 saturated heterocycles. The van der Waals surface area contributed by atoms with Gasteiger partial charge in [-0.25, -0.2) is 0 Å². The maximum absolute atomic E-state index is 9.07. The van der Waals surface area contributed by atoms with E-state index in [2.05, 4.69) is 24.8 Å². The maximum atomic E-state index is 9.07. The first kappa shape index (κ1) is 13.4. The van der Waals surface area contributed by atoms with E-state index in [0.29, 0.717) is 0 Å². The highest BCUT2D eigenvalue weighted by molar-refractivity contribution is 5.01. The van der Waals surface area contributed by atoms with Crippen molar-refractivity contribution in [2.24, 2.45) is 0 Å². The first-order valence-electron chi connectivity index (χ1n) is 5.74. The van der Waals surface area contributed by atoms with Crippen LogP contribution in [0.25, 0.3) is 0 Å². The van der Waals surface area contributed by atoms with Crippen molar-refractivity contribution < 1.29 is 0 Å². The molecule has 0 aromatic heterocycles. The maximum Gasteiger partial charge on any atom is 0.103 e. The lowest BCUT2D eigenvalue weighted by molar-refractivity contribution is 0.162. The van der Waals surface area contributed by atoms with E-state index in [1.54, 1.807) is 0 Å². The molecule has 0 atom stereocenters. The molecular formula is C12H24N2. The molecule has 2 nitrogen and oxygen atoms in total. The molecule has 0 aliphatic carbocycles. The first-order chi connectivity index (χ1) is 6.58. The molecule has 0 unspecified atom stereocenters. The summed E-state index contributed by atoms with van der Waals surface area (Å²) < 4.78 is 0. The second-order valence-corrected chi connectivity index (χ2v) is 4.36. The van der Waals surface area contributed by atoms with Gasteiger partial charge >= 0.3 is 0 Å². The van der Waals surface area contributed by atoms with Crippen LogP contribution in [0.15, 0.2) is 0 Å². The highest BCUT2D eigenvalue weighted by Crippen LogP contribution is 2.15. The molecular weight excluding hydrogens is 172 g/mol. The van der Waals surface area contributed by atoms with E-state index in [4.69, 9.17) is 5.26 Å². The van der Waals surface area contributed by atoms with Gasteiger partial charge in [0.05, 0.1) is 6.07 Å². The Kier molecular flexibility index (Phi) is 6.57. The molecule has 0 aromatic rings. The Morgan fingerprint density at radius 3 is 1.79 bits per heavy atom. The molecule has 0 aromatic carbocycles. The Morgan fingerprint density at radius 1 is 1.07 bits per heavy atom. The molecule has 2 heteroatoms. The van der Waals surface area contributed by atoms with Crippen LogP contribution in [0, 0.1) is 11.3 Å². The van der Waals surface area contributed by atoms with E-state index >= 15 is 0 Å². The summed E-state index contributed by atoms with van der Waals surface area (Å²) in [6, 6.07) is 2.39. The topological polar surface area (TPSA) is 27.0 Å². The van der Waals surface area contributed by atoms with E-state index in [1.165, 1.54) is 25.7 Å². The van der Waals surface area contributed by atoms with Crippen molar-refractivity contribution in [3.05, 3.63) is 0 Å². The highest BCUT2D eigenvalue weighted by Gasteiger charge is 2.24. The highest BCUT2D eigenvalue weighted by atomic mass is 15.2. The van der Waals surface area contributed by atoms with Crippen LogP contribution in [0.4, 0.5) is 0 Å². The van der Waals surface area contributed by atoms with Crippen molar-refractivity contribution in [2.75, 3.05) is 13.1 Å². The standard InChI is InChI=1S/C12H24N2/c1-5-7-9-14(10-8-6-2)12(3,4)11-13/h5-10H2,1-4H3. The summed E-state index contributed by atoms with van der Waals surface area (Å²) in [5, 5.41) is 9.07. The molecule has 0 N–H and O–H groups in total. The summed E-state index contributed by atoms with van der Waals surface area (Å²) in [6.07, 6.45) is 4.78. The van der Waals surface area contributed by atoms with Crippen LogP contribution in [0.1, 0.15) is 53.4 Å². The van der Waals surface area contributed by atoms with Crippen molar-refractivity contribution in [1.29, 1.82) is 5.26 Å². The lowest BCUT2D eigenvalue weighted by Crippen LogP contribution is -2.43. The predicted octanol–water partition coefficient (Wildman–Crippen LogP) is 3.19. The van der Waals surface area contributed by atoms with Crippen molar-refractivity contribution in [3.63, 3.8) is 0 Å². The van der Waals surface area contributed by atoms with Crippen LogP contribution >= 0.6 is 0 Å². The zero-order valence-corrected chi connectivity index (χ0v) is 10.1. The van der Waals surface area contributed by atoms with Gasteiger partial charge in [-0.3, -0.25) is 4.90 Å². The van der Waals surface area contributed by atoms with E-state index in [9.17, 15) is 0 Å². The van der Waals surface area contributed by atoms with Crippen LogP contribution < -0.4 is 0 Å². The molecule has 0 saturated carbocycles. The van der Waals surface area contributed by atoms with E-state index in [-0.39, 0.29) is 5.54 Å². The predicted molar refractivity (Wildman–Crippen MR) is 61.1 cm³/mol. The van der Waals surface area contributed by atoms with Crippen molar-refractivity contribution in [1.82, 2.24) is 4.90 Å². The molecule has 0 fully saturated rings. The quantitative estimate of drug-likeness (QED) is 0.625. The van der Waals surface area contributed by atoms with Crippen molar-refractivity contribution in [3.8, 4) is 6.07 Å². The fourth-order valence-corrected chi connectivity index (χ4v) is 1.44. The summed E-state index contributed by atoms with van der Waals surface area (Å²) in [5.74, 6) is 0. The van der Waals surface area contributed by atoms with Gasteiger partial charge in [-0.15, -0.1) is 0 Å². The zero-order chi connectivity index (χ0) is 11.0. The minimum atomic E-state index is -0.301. The van der Waals surface area contributed by atoms with Crippen LogP contribution in [-0.4, -0.2) is 23.5 Å². The number of unbranched alkanes of at least 4 members (excludes halogenated alkanes) is 2. The lowest BCUT2D eigenvalue weighted by atomic mass is 10.0. The summed E-state index contributed by atoms with van der Waals surface area (Å²) in [4.78, 5) is 2.31. The van der Waals surface area contributed by atoms with Gasteiger partial charge in [-0.2, -0.15) is 5.26 Å². The fourth-order valence-electron chi connectivity index (χ4n) is 1.44. The van der Waals surface area contributed by atoms with Gasteiger partial charge in [0.25, 0.3) is 0 Å². The van der Waals surface area contributed by atoms with Crippen LogP contribution in [0.2, 0.25) is 0 Å². The molecule has 0 heterocycles. The van der Waals surface area contributed by atoms with Gasteiger partial charge in [-0.1, -0.05) is 26.7 Å². The van der Waals surface area contributed by atoms with Crippen molar-refractivity contribution in [2.45, 2.75) is 58.9 Å². The summed E-state index contributed by atoms with van der Waals surface area (Å²) >= 11 is 0. The number of nitrogens with zero attached hydrogens (tertiary/aromatic N) is 2. The Labute approximate surface area is 88.9 Å². The van der Waals surface area contributed by atoms with Gasteiger partial charge in [0, 0.05) is 0 Å². The molecule has 0 aliphatic heterocycles. The zero-order valence-electron chi connectivity index (χ0n) is 10.1. The fraction of sp³-hybridized carbons (Fsp3) is 0.917. The van der Waals surface area contributed by atoms with Gasteiger partial charge in [0.15, 0.2) is 0 Å². The summed E-state index contributed by atoms with van der Waals surface area (Å²) in [7, 11) is 0. The normalized spacial score (nSPS) is 11.7. The van der Waals surface area contributed by atoms with Crippen molar-refractivity contribution >= 4 is 0 Å². The third-order valence-electron chi connectivity index (χ3n) is 2.63. The molecule has 0 spiro atoms. The van der Waals surface area contributed by atoms with Gasteiger partial charge in [-0.05, 0) is 39.8 Å². The van der Waals surface area contributed by atoms with Crippen LogP contribution in [-0.2, 0) is 0 Å². The summed E-state index contributed by atoms with van der Waals surface area (Å²) in [5.41, 5.74) is -0.301.